The van der Waals surface area contributed by atoms with Crippen molar-refractivity contribution in [3.8, 4) is 0 Å². The summed E-state index contributed by atoms with van der Waals surface area (Å²) in [7, 11) is 0. The molecule has 0 aliphatic rings. The van der Waals surface area contributed by atoms with Gasteiger partial charge < -0.3 is 15.7 Å². The number of hydrogen-bond donors (Lipinski definition) is 3. The number of nitrogens with one attached hydrogen (secondary N) is 2. The fourth-order valence-electron chi connectivity index (χ4n) is 1.32. The molecule has 0 fully saturated rings. The van der Waals surface area contributed by atoms with Gasteiger partial charge in [-0.05, 0) is 19.9 Å². The molecule has 0 spiro atoms. The lowest BCUT2D eigenvalue weighted by Crippen LogP contribution is -2.34. The molecule has 94 valence electrons. The van der Waals surface area contributed by atoms with Gasteiger partial charge >= 0.3 is 5.97 Å². The first-order valence-corrected chi connectivity index (χ1v) is 5.70. The molecular weight excluding hydrogens is 208 g/mol. The van der Waals surface area contributed by atoms with Crippen molar-refractivity contribution in [3.63, 3.8) is 0 Å². The van der Waals surface area contributed by atoms with E-state index in [0.29, 0.717) is 19.4 Å². The van der Waals surface area contributed by atoms with E-state index in [4.69, 9.17) is 5.11 Å². The maximum atomic E-state index is 11.4. The smallest absolute Gasteiger partial charge is 0.306 e. The zero-order valence-electron chi connectivity index (χ0n) is 10.2. The van der Waals surface area contributed by atoms with Gasteiger partial charge in [0.1, 0.15) is 0 Å². The molecule has 0 heterocycles. The summed E-state index contributed by atoms with van der Waals surface area (Å²) in [5.74, 6) is -1.27. The maximum Gasteiger partial charge on any atom is 0.306 e. The minimum Gasteiger partial charge on any atom is -0.481 e. The molecule has 0 aromatic carbocycles. The normalized spacial score (nSPS) is 14.2. The minimum absolute atomic E-state index is 0.0361. The average Bonchev–Trinajstić information content (AvgIpc) is 2.17. The third-order valence-electron chi connectivity index (χ3n) is 2.37. The van der Waals surface area contributed by atoms with Crippen molar-refractivity contribution in [1.29, 1.82) is 0 Å². The predicted octanol–water partition coefficient (Wildman–Crippen LogP) is 0.601. The van der Waals surface area contributed by atoms with Crippen LogP contribution in [0.1, 0.15) is 33.6 Å². The van der Waals surface area contributed by atoms with E-state index in [-0.39, 0.29) is 11.9 Å². The number of amides is 1. The van der Waals surface area contributed by atoms with Crippen LogP contribution in [0.25, 0.3) is 0 Å². The Bertz CT molecular complexity index is 231. The fraction of sp³-hybridized carbons (Fsp3) is 0.818. The Morgan fingerprint density at radius 1 is 1.31 bits per heavy atom. The summed E-state index contributed by atoms with van der Waals surface area (Å²) >= 11 is 0. The van der Waals surface area contributed by atoms with Gasteiger partial charge in [-0.1, -0.05) is 13.8 Å². The molecule has 5 heteroatoms. The van der Waals surface area contributed by atoms with Crippen molar-refractivity contribution in [1.82, 2.24) is 10.6 Å². The van der Waals surface area contributed by atoms with Crippen molar-refractivity contribution in [3.05, 3.63) is 0 Å². The Kier molecular flexibility index (Phi) is 7.54. The molecule has 3 N–H and O–H groups in total. The number of carboxylic acids is 1. The maximum absolute atomic E-state index is 11.4. The topological polar surface area (TPSA) is 78.4 Å². The zero-order valence-corrected chi connectivity index (χ0v) is 10.2. The number of carbonyl (C=O) groups excluding carboxylic acids is 1. The Balaban J connectivity index is 3.62. The van der Waals surface area contributed by atoms with Crippen LogP contribution in [-0.4, -0.2) is 36.1 Å². The lowest BCUT2D eigenvalue weighted by molar-refractivity contribution is -0.141. The molecule has 0 aromatic rings. The lowest BCUT2D eigenvalue weighted by atomic mass is 10.1. The van der Waals surface area contributed by atoms with Crippen LogP contribution in [0.3, 0.4) is 0 Å². The molecule has 0 bridgehead atoms. The number of hydrogen-bond acceptors (Lipinski definition) is 3. The van der Waals surface area contributed by atoms with Crippen LogP contribution in [0.15, 0.2) is 0 Å². The summed E-state index contributed by atoms with van der Waals surface area (Å²) in [6.45, 7) is 6.83. The molecule has 0 aliphatic carbocycles. The van der Waals surface area contributed by atoms with Gasteiger partial charge in [0.15, 0.2) is 0 Å². The highest BCUT2D eigenvalue weighted by molar-refractivity contribution is 5.76. The quantitative estimate of drug-likeness (QED) is 0.570. The van der Waals surface area contributed by atoms with Crippen molar-refractivity contribution < 1.29 is 14.7 Å². The van der Waals surface area contributed by atoms with E-state index in [1.807, 2.05) is 13.8 Å². The second-order valence-electron chi connectivity index (χ2n) is 4.04. The van der Waals surface area contributed by atoms with Gasteiger partial charge in [-0.25, -0.2) is 0 Å². The molecule has 5 nitrogen and oxygen atoms in total. The van der Waals surface area contributed by atoms with Crippen LogP contribution < -0.4 is 10.6 Å². The number of carbonyl (C=O) groups is 2. The first-order chi connectivity index (χ1) is 7.47. The van der Waals surface area contributed by atoms with Crippen LogP contribution in [-0.2, 0) is 9.59 Å². The van der Waals surface area contributed by atoms with Crippen molar-refractivity contribution in [2.75, 3.05) is 13.1 Å². The van der Waals surface area contributed by atoms with E-state index in [9.17, 15) is 9.59 Å². The average molecular weight is 230 g/mol. The second kappa shape index (κ2) is 8.10. The van der Waals surface area contributed by atoms with E-state index >= 15 is 0 Å². The molecule has 2 atom stereocenters. The summed E-state index contributed by atoms with van der Waals surface area (Å²) in [5.41, 5.74) is 0. The highest BCUT2D eigenvalue weighted by atomic mass is 16.4. The molecule has 2 unspecified atom stereocenters. The monoisotopic (exact) mass is 230 g/mol. The molecule has 0 aromatic heterocycles. The molecule has 0 saturated carbocycles. The van der Waals surface area contributed by atoms with Gasteiger partial charge in [0, 0.05) is 19.0 Å². The Morgan fingerprint density at radius 2 is 1.94 bits per heavy atom. The van der Waals surface area contributed by atoms with E-state index in [0.717, 1.165) is 6.54 Å². The van der Waals surface area contributed by atoms with Crippen LogP contribution in [0, 0.1) is 5.92 Å². The number of carboxylic acid groups (broad SMARTS) is 1. The highest BCUT2D eigenvalue weighted by Crippen LogP contribution is 2.00. The lowest BCUT2D eigenvalue weighted by Gasteiger charge is -2.12. The minimum atomic E-state index is -0.824. The summed E-state index contributed by atoms with van der Waals surface area (Å²) in [4.78, 5) is 21.9. The third-order valence-corrected chi connectivity index (χ3v) is 2.37. The van der Waals surface area contributed by atoms with Gasteiger partial charge in [-0.3, -0.25) is 9.59 Å². The van der Waals surface area contributed by atoms with Crippen LogP contribution in [0.5, 0.6) is 0 Å². The summed E-state index contributed by atoms with van der Waals surface area (Å²) in [5, 5.41) is 14.5. The predicted molar refractivity (Wildman–Crippen MR) is 62.2 cm³/mol. The second-order valence-corrected chi connectivity index (χ2v) is 4.04. The van der Waals surface area contributed by atoms with Crippen molar-refractivity contribution in [2.24, 2.45) is 5.92 Å². The summed E-state index contributed by atoms with van der Waals surface area (Å²) in [6.07, 6.45) is 0.895. The van der Waals surface area contributed by atoms with E-state index in [1.165, 1.54) is 0 Å². The fourth-order valence-corrected chi connectivity index (χ4v) is 1.32. The standard InChI is InChI=1S/C11H22N2O3/c1-4-12-9(3)7-10(14)13-6-5-8(2)11(15)16/h8-9,12H,4-7H2,1-3H3,(H,13,14)(H,15,16). The van der Waals surface area contributed by atoms with Gasteiger partial charge in [-0.15, -0.1) is 0 Å². The molecule has 0 rings (SSSR count). The Labute approximate surface area is 96.6 Å². The van der Waals surface area contributed by atoms with Gasteiger partial charge in [-0.2, -0.15) is 0 Å². The molecule has 0 saturated heterocycles. The van der Waals surface area contributed by atoms with Crippen LogP contribution in [0.2, 0.25) is 0 Å². The van der Waals surface area contributed by atoms with Gasteiger partial charge in [0.25, 0.3) is 0 Å². The third kappa shape index (κ3) is 7.23. The summed E-state index contributed by atoms with van der Waals surface area (Å²) in [6, 6.07) is 0.155. The summed E-state index contributed by atoms with van der Waals surface area (Å²) < 4.78 is 0. The highest BCUT2D eigenvalue weighted by Gasteiger charge is 2.11. The Morgan fingerprint density at radius 3 is 2.44 bits per heavy atom. The van der Waals surface area contributed by atoms with E-state index in [1.54, 1.807) is 6.92 Å². The van der Waals surface area contributed by atoms with Gasteiger partial charge in [0.2, 0.25) is 5.91 Å². The molecule has 16 heavy (non-hydrogen) atoms. The van der Waals surface area contributed by atoms with Crippen molar-refractivity contribution >= 4 is 11.9 Å². The SMILES string of the molecule is CCNC(C)CC(=O)NCCC(C)C(=O)O. The molecule has 1 amide bonds. The van der Waals surface area contributed by atoms with E-state index < -0.39 is 11.9 Å². The van der Waals surface area contributed by atoms with Crippen molar-refractivity contribution in [2.45, 2.75) is 39.7 Å². The first-order valence-electron chi connectivity index (χ1n) is 5.70. The molecule has 0 radical (unpaired) electrons. The first kappa shape index (κ1) is 14.9. The number of rotatable bonds is 8. The largest absolute Gasteiger partial charge is 0.481 e. The molecular formula is C11H22N2O3. The van der Waals surface area contributed by atoms with E-state index in [2.05, 4.69) is 10.6 Å². The van der Waals surface area contributed by atoms with Crippen LogP contribution >= 0.6 is 0 Å². The van der Waals surface area contributed by atoms with Crippen LogP contribution in [0.4, 0.5) is 0 Å². The van der Waals surface area contributed by atoms with Gasteiger partial charge in [0.05, 0.1) is 5.92 Å². The number of aliphatic carboxylic acids is 1. The zero-order chi connectivity index (χ0) is 12.6. The Hall–Kier alpha value is -1.10. The molecule has 0 aliphatic heterocycles.